The molecule has 0 heterocycles. The predicted octanol–water partition coefficient (Wildman–Crippen LogP) is 3.30. The molecule has 0 spiro atoms. The average Bonchev–Trinajstić information content (AvgIpc) is 2.28. The quantitative estimate of drug-likeness (QED) is 0.802. The van der Waals surface area contributed by atoms with Crippen LogP contribution in [0.15, 0.2) is 30.3 Å². The van der Waals surface area contributed by atoms with Crippen LogP contribution in [-0.4, -0.2) is 24.5 Å². The van der Waals surface area contributed by atoms with Gasteiger partial charge in [-0.05, 0) is 17.4 Å². The maximum Gasteiger partial charge on any atom is 0.0424 e. The zero-order chi connectivity index (χ0) is 13.5. The van der Waals surface area contributed by atoms with Crippen LogP contribution in [0, 0.1) is 11.8 Å². The van der Waals surface area contributed by atoms with Crippen molar-refractivity contribution in [1.82, 2.24) is 4.90 Å². The first kappa shape index (κ1) is 15.2. The van der Waals surface area contributed by atoms with E-state index >= 15 is 0 Å². The van der Waals surface area contributed by atoms with Gasteiger partial charge in [0, 0.05) is 25.7 Å². The molecule has 0 aliphatic carbocycles. The fraction of sp³-hybridized carbons (Fsp3) is 0.625. The van der Waals surface area contributed by atoms with Crippen LogP contribution in [0.3, 0.4) is 0 Å². The fourth-order valence-corrected chi connectivity index (χ4v) is 2.34. The van der Waals surface area contributed by atoms with Crippen molar-refractivity contribution in [2.75, 3.05) is 19.6 Å². The molecule has 1 aromatic carbocycles. The van der Waals surface area contributed by atoms with E-state index in [-0.39, 0.29) is 6.04 Å². The van der Waals surface area contributed by atoms with Crippen LogP contribution < -0.4 is 5.73 Å². The van der Waals surface area contributed by atoms with E-state index in [1.165, 1.54) is 5.56 Å². The van der Waals surface area contributed by atoms with Crippen molar-refractivity contribution < 1.29 is 0 Å². The second kappa shape index (κ2) is 7.55. The standard InChI is InChI=1S/C16H28N2/c1-13(2)10-18(11-14(3)4)12-16(17)15-8-6-5-7-9-15/h5-9,13-14,16H,10-12,17H2,1-4H3. The van der Waals surface area contributed by atoms with Crippen LogP contribution in [-0.2, 0) is 0 Å². The zero-order valence-electron chi connectivity index (χ0n) is 12.3. The summed E-state index contributed by atoms with van der Waals surface area (Å²) < 4.78 is 0. The van der Waals surface area contributed by atoms with Gasteiger partial charge in [-0.3, -0.25) is 0 Å². The van der Waals surface area contributed by atoms with Crippen molar-refractivity contribution in [3.63, 3.8) is 0 Å². The highest BCUT2D eigenvalue weighted by molar-refractivity contribution is 5.18. The summed E-state index contributed by atoms with van der Waals surface area (Å²) >= 11 is 0. The Kier molecular flexibility index (Phi) is 6.37. The molecule has 0 aliphatic rings. The van der Waals surface area contributed by atoms with Gasteiger partial charge in [0.2, 0.25) is 0 Å². The summed E-state index contributed by atoms with van der Waals surface area (Å²) in [5, 5.41) is 0. The monoisotopic (exact) mass is 248 g/mol. The molecule has 1 unspecified atom stereocenters. The Morgan fingerprint density at radius 1 is 0.889 bits per heavy atom. The number of benzene rings is 1. The molecule has 102 valence electrons. The summed E-state index contributed by atoms with van der Waals surface area (Å²) in [4.78, 5) is 2.49. The molecule has 0 saturated carbocycles. The lowest BCUT2D eigenvalue weighted by Gasteiger charge is -2.28. The van der Waals surface area contributed by atoms with Crippen LogP contribution in [0.5, 0.6) is 0 Å². The van der Waals surface area contributed by atoms with Gasteiger partial charge in [0.15, 0.2) is 0 Å². The maximum atomic E-state index is 6.31. The third-order valence-electron chi connectivity index (χ3n) is 2.93. The Morgan fingerprint density at radius 2 is 1.39 bits per heavy atom. The third kappa shape index (κ3) is 5.65. The van der Waals surface area contributed by atoms with Crippen LogP contribution in [0.4, 0.5) is 0 Å². The van der Waals surface area contributed by atoms with Gasteiger partial charge in [-0.2, -0.15) is 0 Å². The Labute approximate surface area is 112 Å². The minimum absolute atomic E-state index is 0.115. The van der Waals surface area contributed by atoms with Crippen molar-refractivity contribution in [3.8, 4) is 0 Å². The summed E-state index contributed by atoms with van der Waals surface area (Å²) in [7, 11) is 0. The lowest BCUT2D eigenvalue weighted by molar-refractivity contribution is 0.207. The molecule has 1 aromatic rings. The number of rotatable bonds is 7. The summed E-state index contributed by atoms with van der Waals surface area (Å²) in [6.45, 7) is 12.3. The summed E-state index contributed by atoms with van der Waals surface area (Å²) in [6.07, 6.45) is 0. The fourth-order valence-electron chi connectivity index (χ4n) is 2.34. The van der Waals surface area contributed by atoms with Crippen molar-refractivity contribution in [1.29, 1.82) is 0 Å². The molecular formula is C16H28N2. The highest BCUT2D eigenvalue weighted by Gasteiger charge is 2.14. The van der Waals surface area contributed by atoms with E-state index in [4.69, 9.17) is 5.73 Å². The first-order valence-corrected chi connectivity index (χ1v) is 7.02. The molecular weight excluding hydrogens is 220 g/mol. The van der Waals surface area contributed by atoms with Gasteiger partial charge in [-0.1, -0.05) is 58.0 Å². The van der Waals surface area contributed by atoms with E-state index in [1.807, 2.05) is 6.07 Å². The van der Waals surface area contributed by atoms with Gasteiger partial charge in [0.05, 0.1) is 0 Å². The maximum absolute atomic E-state index is 6.31. The molecule has 2 N–H and O–H groups in total. The Bertz CT molecular complexity index is 309. The average molecular weight is 248 g/mol. The molecule has 0 fully saturated rings. The molecule has 18 heavy (non-hydrogen) atoms. The molecule has 1 atom stereocenters. The van der Waals surface area contributed by atoms with Gasteiger partial charge in [0.25, 0.3) is 0 Å². The van der Waals surface area contributed by atoms with Crippen molar-refractivity contribution in [2.24, 2.45) is 17.6 Å². The number of nitrogens with zero attached hydrogens (tertiary/aromatic N) is 1. The Balaban J connectivity index is 2.59. The number of nitrogens with two attached hydrogens (primary N) is 1. The molecule has 0 amide bonds. The van der Waals surface area contributed by atoms with Crippen LogP contribution in [0.2, 0.25) is 0 Å². The smallest absolute Gasteiger partial charge is 0.0424 e. The minimum Gasteiger partial charge on any atom is -0.323 e. The first-order valence-electron chi connectivity index (χ1n) is 7.02. The van der Waals surface area contributed by atoms with Crippen molar-refractivity contribution >= 4 is 0 Å². The molecule has 0 aromatic heterocycles. The summed E-state index contributed by atoms with van der Waals surface area (Å²) in [5.41, 5.74) is 7.54. The predicted molar refractivity (Wildman–Crippen MR) is 79.5 cm³/mol. The minimum atomic E-state index is 0.115. The molecule has 0 aliphatic heterocycles. The van der Waals surface area contributed by atoms with E-state index in [0.29, 0.717) is 11.8 Å². The Morgan fingerprint density at radius 3 is 1.83 bits per heavy atom. The summed E-state index contributed by atoms with van der Waals surface area (Å²) in [5.74, 6) is 1.37. The first-order chi connectivity index (χ1) is 8.49. The SMILES string of the molecule is CC(C)CN(CC(C)C)CC(N)c1ccccc1. The van der Waals surface area contributed by atoms with Gasteiger partial charge in [0.1, 0.15) is 0 Å². The molecule has 0 radical (unpaired) electrons. The number of hydrogen-bond donors (Lipinski definition) is 1. The van der Waals surface area contributed by atoms with Crippen LogP contribution in [0.1, 0.15) is 39.3 Å². The number of hydrogen-bond acceptors (Lipinski definition) is 2. The van der Waals surface area contributed by atoms with E-state index in [2.05, 4.69) is 56.9 Å². The zero-order valence-corrected chi connectivity index (χ0v) is 12.3. The second-order valence-electron chi connectivity index (χ2n) is 6.02. The van der Waals surface area contributed by atoms with Gasteiger partial charge < -0.3 is 10.6 Å². The van der Waals surface area contributed by atoms with E-state index in [1.54, 1.807) is 0 Å². The van der Waals surface area contributed by atoms with Crippen LogP contribution >= 0.6 is 0 Å². The largest absolute Gasteiger partial charge is 0.323 e. The lowest BCUT2D eigenvalue weighted by atomic mass is 10.1. The van der Waals surface area contributed by atoms with Gasteiger partial charge >= 0.3 is 0 Å². The van der Waals surface area contributed by atoms with Crippen molar-refractivity contribution in [3.05, 3.63) is 35.9 Å². The van der Waals surface area contributed by atoms with E-state index in [9.17, 15) is 0 Å². The lowest BCUT2D eigenvalue weighted by Crippen LogP contribution is -2.37. The highest BCUT2D eigenvalue weighted by Crippen LogP contribution is 2.13. The van der Waals surface area contributed by atoms with Crippen LogP contribution in [0.25, 0.3) is 0 Å². The Hall–Kier alpha value is -0.860. The van der Waals surface area contributed by atoms with E-state index < -0.39 is 0 Å². The molecule has 2 heteroatoms. The van der Waals surface area contributed by atoms with E-state index in [0.717, 1.165) is 19.6 Å². The molecule has 2 nitrogen and oxygen atoms in total. The molecule has 0 bridgehead atoms. The second-order valence-corrected chi connectivity index (χ2v) is 6.02. The third-order valence-corrected chi connectivity index (χ3v) is 2.93. The van der Waals surface area contributed by atoms with Crippen molar-refractivity contribution in [2.45, 2.75) is 33.7 Å². The topological polar surface area (TPSA) is 29.3 Å². The van der Waals surface area contributed by atoms with Gasteiger partial charge in [-0.25, -0.2) is 0 Å². The van der Waals surface area contributed by atoms with Gasteiger partial charge in [-0.15, -0.1) is 0 Å². The summed E-state index contributed by atoms with van der Waals surface area (Å²) in [6, 6.07) is 10.5. The molecule has 0 saturated heterocycles. The normalized spacial score (nSPS) is 13.6. The molecule has 1 rings (SSSR count). The highest BCUT2D eigenvalue weighted by atomic mass is 15.1.